The van der Waals surface area contributed by atoms with E-state index in [2.05, 4.69) is 4.98 Å². The summed E-state index contributed by atoms with van der Waals surface area (Å²) in [6, 6.07) is 3.95. The Kier molecular flexibility index (Phi) is 2.74. The Bertz CT molecular complexity index is 347. The van der Waals surface area contributed by atoms with Crippen molar-refractivity contribution in [1.29, 1.82) is 0 Å². The standard InChI is InChI=1S/C12H17FN2/c1-2-12(13,8-14)10-6-5-9-4-3-7-15-11(9)10/h3-4,7,10H,2,5-6,8,14H2,1H3. The van der Waals surface area contributed by atoms with Crippen LogP contribution in [-0.4, -0.2) is 17.2 Å². The topological polar surface area (TPSA) is 38.9 Å². The summed E-state index contributed by atoms with van der Waals surface area (Å²) in [5.74, 6) is -0.108. The highest BCUT2D eigenvalue weighted by molar-refractivity contribution is 5.31. The van der Waals surface area contributed by atoms with E-state index in [0.29, 0.717) is 6.42 Å². The zero-order chi connectivity index (χ0) is 10.9. The van der Waals surface area contributed by atoms with Gasteiger partial charge in [-0.15, -0.1) is 0 Å². The lowest BCUT2D eigenvalue weighted by Crippen LogP contribution is -2.38. The predicted octanol–water partition coefficient (Wildman–Crippen LogP) is 2.19. The molecule has 0 amide bonds. The maximum absolute atomic E-state index is 14.5. The first kappa shape index (κ1) is 10.6. The van der Waals surface area contributed by atoms with Crippen LogP contribution in [0.1, 0.15) is 36.9 Å². The number of halogens is 1. The highest BCUT2D eigenvalue weighted by atomic mass is 19.1. The van der Waals surface area contributed by atoms with E-state index < -0.39 is 5.67 Å². The van der Waals surface area contributed by atoms with Gasteiger partial charge in [0, 0.05) is 24.4 Å². The van der Waals surface area contributed by atoms with Crippen molar-refractivity contribution in [3.63, 3.8) is 0 Å². The van der Waals surface area contributed by atoms with E-state index in [1.807, 2.05) is 19.1 Å². The molecule has 2 unspecified atom stereocenters. The van der Waals surface area contributed by atoms with Crippen molar-refractivity contribution >= 4 is 0 Å². The summed E-state index contributed by atoms with van der Waals surface area (Å²) in [6.45, 7) is 1.94. The number of aromatic nitrogens is 1. The Hall–Kier alpha value is -0.960. The van der Waals surface area contributed by atoms with E-state index in [-0.39, 0.29) is 12.5 Å². The number of rotatable bonds is 3. The molecule has 0 aliphatic heterocycles. The second-order valence-corrected chi connectivity index (χ2v) is 4.23. The largest absolute Gasteiger partial charge is 0.328 e. The molecule has 0 saturated carbocycles. The average molecular weight is 208 g/mol. The molecule has 3 heteroatoms. The van der Waals surface area contributed by atoms with Gasteiger partial charge in [-0.1, -0.05) is 13.0 Å². The molecule has 2 atom stereocenters. The first-order valence-corrected chi connectivity index (χ1v) is 5.54. The monoisotopic (exact) mass is 208 g/mol. The molecular weight excluding hydrogens is 191 g/mol. The van der Waals surface area contributed by atoms with Crippen LogP contribution in [0.3, 0.4) is 0 Å². The maximum Gasteiger partial charge on any atom is 0.131 e. The van der Waals surface area contributed by atoms with Crippen LogP contribution in [0, 0.1) is 0 Å². The van der Waals surface area contributed by atoms with E-state index in [9.17, 15) is 4.39 Å². The van der Waals surface area contributed by atoms with Gasteiger partial charge in [-0.25, -0.2) is 4.39 Å². The summed E-state index contributed by atoms with van der Waals surface area (Å²) in [5, 5.41) is 0. The van der Waals surface area contributed by atoms with Crippen molar-refractivity contribution in [3.8, 4) is 0 Å². The van der Waals surface area contributed by atoms with Gasteiger partial charge in [-0.2, -0.15) is 0 Å². The fraction of sp³-hybridized carbons (Fsp3) is 0.583. The Morgan fingerprint density at radius 2 is 2.47 bits per heavy atom. The van der Waals surface area contributed by atoms with Gasteiger partial charge in [0.1, 0.15) is 5.67 Å². The number of pyridine rings is 1. The van der Waals surface area contributed by atoms with E-state index in [4.69, 9.17) is 5.73 Å². The van der Waals surface area contributed by atoms with Crippen molar-refractivity contribution < 1.29 is 4.39 Å². The van der Waals surface area contributed by atoms with Crippen LogP contribution in [0.15, 0.2) is 18.3 Å². The third-order valence-corrected chi connectivity index (χ3v) is 3.51. The molecule has 1 aromatic heterocycles. The van der Waals surface area contributed by atoms with Crippen LogP contribution in [0.5, 0.6) is 0 Å². The van der Waals surface area contributed by atoms with Gasteiger partial charge in [0.25, 0.3) is 0 Å². The fourth-order valence-electron chi connectivity index (χ4n) is 2.45. The van der Waals surface area contributed by atoms with Crippen molar-refractivity contribution in [3.05, 3.63) is 29.6 Å². The zero-order valence-electron chi connectivity index (χ0n) is 9.04. The smallest absolute Gasteiger partial charge is 0.131 e. The zero-order valence-corrected chi connectivity index (χ0v) is 9.04. The van der Waals surface area contributed by atoms with Crippen LogP contribution >= 0.6 is 0 Å². The molecule has 1 aliphatic carbocycles. The van der Waals surface area contributed by atoms with Gasteiger partial charge in [0.15, 0.2) is 0 Å². The van der Waals surface area contributed by atoms with Gasteiger partial charge in [-0.3, -0.25) is 4.98 Å². The van der Waals surface area contributed by atoms with Gasteiger partial charge in [0.2, 0.25) is 0 Å². The first-order chi connectivity index (χ1) is 7.21. The highest BCUT2D eigenvalue weighted by Gasteiger charge is 2.41. The summed E-state index contributed by atoms with van der Waals surface area (Å²) in [6.07, 6.45) is 3.97. The third kappa shape index (κ3) is 1.65. The van der Waals surface area contributed by atoms with Gasteiger partial charge in [-0.05, 0) is 30.9 Å². The summed E-state index contributed by atoms with van der Waals surface area (Å²) in [4.78, 5) is 4.31. The lowest BCUT2D eigenvalue weighted by atomic mass is 9.85. The molecule has 0 saturated heterocycles. The number of nitrogens with zero attached hydrogens (tertiary/aromatic N) is 1. The number of alkyl halides is 1. The molecule has 1 aliphatic rings. The van der Waals surface area contributed by atoms with E-state index in [0.717, 1.165) is 18.5 Å². The normalized spacial score (nSPS) is 23.5. The van der Waals surface area contributed by atoms with Gasteiger partial charge in [0.05, 0.1) is 0 Å². The lowest BCUT2D eigenvalue weighted by Gasteiger charge is -2.28. The summed E-state index contributed by atoms with van der Waals surface area (Å²) in [5.41, 5.74) is 6.38. The number of nitrogens with two attached hydrogens (primary N) is 1. The molecule has 0 bridgehead atoms. The highest BCUT2D eigenvalue weighted by Crippen LogP contribution is 2.42. The summed E-state index contributed by atoms with van der Waals surface area (Å²) < 4.78 is 14.5. The predicted molar refractivity (Wildman–Crippen MR) is 58.5 cm³/mol. The minimum absolute atomic E-state index is 0.0875. The molecule has 0 fully saturated rings. The van der Waals surface area contributed by atoms with Gasteiger partial charge >= 0.3 is 0 Å². The molecule has 2 nitrogen and oxygen atoms in total. The number of aryl methyl sites for hydroxylation is 1. The van der Waals surface area contributed by atoms with Crippen LogP contribution in [0.25, 0.3) is 0 Å². The van der Waals surface area contributed by atoms with E-state index >= 15 is 0 Å². The SMILES string of the molecule is CCC(F)(CN)C1CCc2cccnc21. The van der Waals surface area contributed by atoms with Crippen LogP contribution in [0.2, 0.25) is 0 Å². The lowest BCUT2D eigenvalue weighted by molar-refractivity contribution is 0.125. The molecule has 82 valence electrons. The van der Waals surface area contributed by atoms with Crippen molar-refractivity contribution in [2.24, 2.45) is 5.73 Å². The fourth-order valence-corrected chi connectivity index (χ4v) is 2.45. The number of fused-ring (bicyclic) bond motifs is 1. The van der Waals surface area contributed by atoms with Crippen LogP contribution < -0.4 is 5.73 Å². The molecule has 2 N–H and O–H groups in total. The summed E-state index contributed by atoms with van der Waals surface area (Å²) >= 11 is 0. The first-order valence-electron chi connectivity index (χ1n) is 5.54. The minimum atomic E-state index is -1.28. The molecule has 1 aromatic rings. The van der Waals surface area contributed by atoms with E-state index in [1.54, 1.807) is 6.20 Å². The average Bonchev–Trinajstić information content (AvgIpc) is 2.72. The number of hydrogen-bond acceptors (Lipinski definition) is 2. The Morgan fingerprint density at radius 1 is 1.67 bits per heavy atom. The second-order valence-electron chi connectivity index (χ2n) is 4.23. The second kappa shape index (κ2) is 3.89. The molecule has 2 rings (SSSR count). The minimum Gasteiger partial charge on any atom is -0.328 e. The third-order valence-electron chi connectivity index (χ3n) is 3.51. The Morgan fingerprint density at radius 3 is 3.13 bits per heavy atom. The van der Waals surface area contributed by atoms with Gasteiger partial charge < -0.3 is 5.73 Å². The summed E-state index contributed by atoms with van der Waals surface area (Å²) in [7, 11) is 0. The van der Waals surface area contributed by atoms with Crippen molar-refractivity contribution in [2.75, 3.05) is 6.54 Å². The molecule has 0 spiro atoms. The molecule has 15 heavy (non-hydrogen) atoms. The quantitative estimate of drug-likeness (QED) is 0.827. The Labute approximate surface area is 89.7 Å². The molecule has 0 radical (unpaired) electrons. The van der Waals surface area contributed by atoms with Crippen molar-refractivity contribution in [1.82, 2.24) is 4.98 Å². The van der Waals surface area contributed by atoms with E-state index in [1.165, 1.54) is 5.56 Å². The maximum atomic E-state index is 14.5. The number of hydrogen-bond donors (Lipinski definition) is 1. The van der Waals surface area contributed by atoms with Crippen LogP contribution in [-0.2, 0) is 6.42 Å². The molecular formula is C12H17FN2. The molecule has 0 aromatic carbocycles. The molecule has 1 heterocycles. The Balaban J connectivity index is 2.34. The van der Waals surface area contributed by atoms with Crippen molar-refractivity contribution in [2.45, 2.75) is 37.8 Å². The van der Waals surface area contributed by atoms with Crippen LogP contribution in [0.4, 0.5) is 4.39 Å².